The van der Waals surface area contributed by atoms with E-state index in [2.05, 4.69) is 110 Å². The highest BCUT2D eigenvalue weighted by Crippen LogP contribution is 2.29. The number of benzene rings is 1. The van der Waals surface area contributed by atoms with Gasteiger partial charge in [0, 0.05) is 36.3 Å². The predicted molar refractivity (Wildman–Crippen MR) is 210 cm³/mol. The van der Waals surface area contributed by atoms with Crippen molar-refractivity contribution in [3.05, 3.63) is 105 Å². The zero-order valence-electron chi connectivity index (χ0n) is 30.1. The highest BCUT2D eigenvalue weighted by molar-refractivity contribution is 6.85. The summed E-state index contributed by atoms with van der Waals surface area (Å²) in [4.78, 5) is 40.1. The summed E-state index contributed by atoms with van der Waals surface area (Å²) >= 11 is 0. The standard InChI is InChI=1S/C39H57N3O3Si3/c1-46(2,34-16-7-8-17-34)25-13-22-40-37(43)31-28-32(38(44)41-23-14-26-47(3,4)35-18-9-10-19-35)30-33(29-31)39(45)42-24-15-27-48(5,6)36-20-11-12-21-36/h7-12,16,18,20,28-30H,13-15,17,19,21-27H2,1-6H3,(H,40,43)(H,41,44)(H,42,45). The molecule has 48 heavy (non-hydrogen) atoms. The fraction of sp³-hybridized carbons (Fsp3) is 0.462. The molecular formula is C39H57N3O3Si3. The first-order valence-electron chi connectivity index (χ1n) is 17.9. The molecule has 0 saturated heterocycles. The van der Waals surface area contributed by atoms with Gasteiger partial charge < -0.3 is 16.0 Å². The van der Waals surface area contributed by atoms with E-state index in [4.69, 9.17) is 0 Å². The molecule has 0 fully saturated rings. The first-order chi connectivity index (χ1) is 22.8. The molecule has 3 aliphatic carbocycles. The zero-order chi connectivity index (χ0) is 34.8. The van der Waals surface area contributed by atoms with Crippen molar-refractivity contribution in [1.29, 1.82) is 0 Å². The van der Waals surface area contributed by atoms with Gasteiger partial charge in [-0.25, -0.2) is 0 Å². The van der Waals surface area contributed by atoms with Crippen LogP contribution in [0.3, 0.4) is 0 Å². The van der Waals surface area contributed by atoms with E-state index in [1.54, 1.807) is 33.8 Å². The van der Waals surface area contributed by atoms with E-state index in [0.717, 1.165) is 56.7 Å². The molecule has 0 heterocycles. The molecule has 3 aliphatic rings. The highest BCUT2D eigenvalue weighted by Gasteiger charge is 2.28. The molecule has 0 unspecified atom stereocenters. The lowest BCUT2D eigenvalue weighted by Gasteiger charge is -2.24. The van der Waals surface area contributed by atoms with Crippen LogP contribution < -0.4 is 16.0 Å². The molecule has 0 atom stereocenters. The van der Waals surface area contributed by atoms with Crippen LogP contribution in [0.4, 0.5) is 0 Å². The van der Waals surface area contributed by atoms with Crippen molar-refractivity contribution < 1.29 is 14.4 Å². The molecule has 6 nitrogen and oxygen atoms in total. The number of nitrogens with one attached hydrogen (secondary N) is 3. The lowest BCUT2D eigenvalue weighted by molar-refractivity contribution is 0.0953. The second-order valence-corrected chi connectivity index (χ2v) is 30.2. The monoisotopic (exact) mass is 699 g/mol. The Balaban J connectivity index is 1.36. The van der Waals surface area contributed by atoms with E-state index >= 15 is 0 Å². The van der Waals surface area contributed by atoms with Crippen LogP contribution in [0.1, 0.15) is 69.6 Å². The highest BCUT2D eigenvalue weighted by atomic mass is 28.3. The quantitative estimate of drug-likeness (QED) is 0.106. The molecule has 258 valence electrons. The van der Waals surface area contributed by atoms with E-state index in [-0.39, 0.29) is 17.7 Å². The Kier molecular flexibility index (Phi) is 13.2. The number of carbonyl (C=O) groups is 3. The van der Waals surface area contributed by atoms with E-state index in [1.165, 1.54) is 0 Å². The van der Waals surface area contributed by atoms with Gasteiger partial charge in [-0.05, 0) is 56.7 Å². The van der Waals surface area contributed by atoms with Crippen molar-refractivity contribution in [2.45, 2.75) is 95.9 Å². The predicted octanol–water partition coefficient (Wildman–Crippen LogP) is 8.45. The number of hydrogen-bond donors (Lipinski definition) is 3. The second-order valence-electron chi connectivity index (χ2n) is 15.5. The van der Waals surface area contributed by atoms with Crippen molar-refractivity contribution in [2.24, 2.45) is 0 Å². The number of allylic oxidation sites excluding steroid dienone is 12. The van der Waals surface area contributed by atoms with Crippen LogP contribution in [-0.4, -0.2) is 61.6 Å². The summed E-state index contributed by atoms with van der Waals surface area (Å²) in [6.45, 7) is 16.0. The van der Waals surface area contributed by atoms with E-state index in [9.17, 15) is 14.4 Å². The number of amides is 3. The second kappa shape index (κ2) is 16.9. The molecule has 0 bridgehead atoms. The van der Waals surface area contributed by atoms with Crippen LogP contribution >= 0.6 is 0 Å². The molecule has 0 aliphatic heterocycles. The normalized spacial score (nSPS) is 15.8. The maximum absolute atomic E-state index is 13.4. The minimum absolute atomic E-state index is 0.252. The number of hydrogen-bond acceptors (Lipinski definition) is 3. The third-order valence-electron chi connectivity index (χ3n) is 10.4. The number of rotatable bonds is 18. The van der Waals surface area contributed by atoms with Gasteiger partial charge in [0.25, 0.3) is 17.7 Å². The van der Waals surface area contributed by atoms with Gasteiger partial charge in [0.1, 0.15) is 0 Å². The van der Waals surface area contributed by atoms with Crippen molar-refractivity contribution >= 4 is 41.9 Å². The maximum Gasteiger partial charge on any atom is 0.251 e. The Morgan fingerprint density at radius 3 is 1.00 bits per heavy atom. The Morgan fingerprint density at radius 2 is 0.771 bits per heavy atom. The lowest BCUT2D eigenvalue weighted by Crippen LogP contribution is -2.33. The molecule has 0 aromatic heterocycles. The van der Waals surface area contributed by atoms with Crippen LogP contribution in [0.25, 0.3) is 0 Å². The molecule has 0 saturated carbocycles. The fourth-order valence-corrected chi connectivity index (χ4v) is 14.7. The van der Waals surface area contributed by atoms with Gasteiger partial charge in [-0.2, -0.15) is 0 Å². The smallest absolute Gasteiger partial charge is 0.251 e. The summed E-state index contributed by atoms with van der Waals surface area (Å²) in [6.07, 6.45) is 25.7. The number of carbonyl (C=O) groups excluding carboxylic acids is 3. The summed E-state index contributed by atoms with van der Waals surface area (Å²) in [5.41, 5.74) is 1.03. The SMILES string of the molecule is C[Si](C)(CCCNC(=O)c1cc(C(=O)NCCC[Si](C)(C)C2=CC=CC2)cc(C(=O)NCCC[Si](C)(C)C2=CC=CC2)c1)C1=CC=CC1. The molecule has 4 rings (SSSR count). The van der Waals surface area contributed by atoms with Crippen molar-refractivity contribution in [3.8, 4) is 0 Å². The molecule has 3 amide bonds. The molecule has 3 N–H and O–H groups in total. The Labute approximate surface area is 292 Å². The topological polar surface area (TPSA) is 87.3 Å². The first kappa shape index (κ1) is 37.5. The molecule has 0 spiro atoms. The van der Waals surface area contributed by atoms with Gasteiger partial charge in [-0.1, -0.05) is 128 Å². The minimum atomic E-state index is -1.51. The van der Waals surface area contributed by atoms with Gasteiger partial charge in [-0.3, -0.25) is 14.4 Å². The summed E-state index contributed by atoms with van der Waals surface area (Å²) in [5.74, 6) is -0.757. The van der Waals surface area contributed by atoms with Gasteiger partial charge in [0.05, 0.1) is 24.2 Å². The largest absolute Gasteiger partial charge is 0.352 e. The molecule has 1 aromatic carbocycles. The molecule has 0 radical (unpaired) electrons. The van der Waals surface area contributed by atoms with E-state index in [0.29, 0.717) is 36.3 Å². The van der Waals surface area contributed by atoms with Crippen LogP contribution in [-0.2, 0) is 0 Å². The summed E-state index contributed by atoms with van der Waals surface area (Å²) in [7, 11) is -4.52. The average Bonchev–Trinajstić information content (AvgIpc) is 3.87. The summed E-state index contributed by atoms with van der Waals surface area (Å²) < 4.78 is 0. The molecule has 9 heteroatoms. The van der Waals surface area contributed by atoms with Crippen molar-refractivity contribution in [1.82, 2.24) is 16.0 Å². The van der Waals surface area contributed by atoms with Gasteiger partial charge in [-0.15, -0.1) is 0 Å². The Morgan fingerprint density at radius 1 is 0.500 bits per heavy atom. The summed E-state index contributed by atoms with van der Waals surface area (Å²) in [6, 6.07) is 8.16. The van der Waals surface area contributed by atoms with E-state index < -0.39 is 24.2 Å². The average molecular weight is 700 g/mol. The Hall–Kier alpha value is -3.28. The third-order valence-corrected chi connectivity index (χ3v) is 21.6. The van der Waals surface area contributed by atoms with Gasteiger partial charge in [0.2, 0.25) is 0 Å². The van der Waals surface area contributed by atoms with Gasteiger partial charge in [0.15, 0.2) is 0 Å². The molecular weight excluding hydrogens is 643 g/mol. The zero-order valence-corrected chi connectivity index (χ0v) is 33.1. The first-order valence-corrected chi connectivity index (χ1v) is 27.5. The Bertz CT molecular complexity index is 1350. The van der Waals surface area contributed by atoms with Crippen LogP contribution in [0.5, 0.6) is 0 Å². The minimum Gasteiger partial charge on any atom is -0.352 e. The van der Waals surface area contributed by atoms with Crippen molar-refractivity contribution in [2.75, 3.05) is 19.6 Å². The maximum atomic E-state index is 13.4. The van der Waals surface area contributed by atoms with Crippen molar-refractivity contribution in [3.63, 3.8) is 0 Å². The van der Waals surface area contributed by atoms with Crippen LogP contribution in [0.15, 0.2) is 88.5 Å². The molecule has 1 aromatic rings. The third kappa shape index (κ3) is 10.6. The van der Waals surface area contributed by atoms with E-state index in [1.807, 2.05) is 0 Å². The van der Waals surface area contributed by atoms with Crippen LogP contribution in [0.2, 0.25) is 57.4 Å². The van der Waals surface area contributed by atoms with Crippen LogP contribution in [0, 0.1) is 0 Å². The fourth-order valence-electron chi connectivity index (χ4n) is 6.85. The van der Waals surface area contributed by atoms with Gasteiger partial charge >= 0.3 is 0 Å². The lowest BCUT2D eigenvalue weighted by atomic mass is 10.0. The summed E-state index contributed by atoms with van der Waals surface area (Å²) in [5, 5.41) is 13.8.